The Morgan fingerprint density at radius 2 is 2.00 bits per heavy atom. The van der Waals surface area contributed by atoms with Gasteiger partial charge >= 0.3 is 13.8 Å². The lowest BCUT2D eigenvalue weighted by Gasteiger charge is -2.17. The van der Waals surface area contributed by atoms with Crippen LogP contribution >= 0.6 is 7.82 Å². The summed E-state index contributed by atoms with van der Waals surface area (Å²) in [5.74, 6) is -0.728. The molecule has 0 aliphatic carbocycles. The Balaban J connectivity index is 2.55. The quantitative estimate of drug-likeness (QED) is 0.341. The summed E-state index contributed by atoms with van der Waals surface area (Å²) in [4.78, 5) is 27.5. The molecule has 0 radical (unpaired) electrons. The number of phosphoric ester groups is 1. The molecular weight excluding hydrogens is 259 g/mol. The lowest BCUT2D eigenvalue weighted by molar-refractivity contribution is -0.170. The number of esters is 1. The number of hydrogen-bond donors (Lipinski definition) is 4. The van der Waals surface area contributed by atoms with Crippen molar-refractivity contribution >= 4 is 13.8 Å². The van der Waals surface area contributed by atoms with Crippen LogP contribution in [0.15, 0.2) is 0 Å². The maximum Gasteiger partial charge on any atom is 0.469 e. The summed E-state index contributed by atoms with van der Waals surface area (Å²) in [7, 11) is -4.69. The zero-order valence-electron chi connectivity index (χ0n) is 8.79. The zero-order valence-corrected chi connectivity index (χ0v) is 9.69. The fourth-order valence-corrected chi connectivity index (χ4v) is 1.69. The molecule has 0 bridgehead atoms. The minimum absolute atomic E-state index is 0.639. The molecule has 1 saturated heterocycles. The number of aliphatic hydroxyl groups excluding tert-OH is 2. The normalized spacial score (nSPS) is 33.7. The van der Waals surface area contributed by atoms with Gasteiger partial charge in [-0.05, 0) is 0 Å². The first-order valence-corrected chi connectivity index (χ1v) is 6.12. The van der Waals surface area contributed by atoms with E-state index in [1.165, 1.54) is 0 Å². The zero-order chi connectivity index (χ0) is 13.2. The second-order valence-electron chi connectivity index (χ2n) is 3.42. The Morgan fingerprint density at radius 1 is 1.41 bits per heavy atom. The van der Waals surface area contributed by atoms with Crippen LogP contribution in [0.2, 0.25) is 0 Å². The van der Waals surface area contributed by atoms with Crippen LogP contribution in [0.4, 0.5) is 0 Å². The summed E-state index contributed by atoms with van der Waals surface area (Å²) in [6.45, 7) is 0.444. The molecule has 1 fully saturated rings. The van der Waals surface area contributed by atoms with E-state index < -0.39 is 45.0 Å². The van der Waals surface area contributed by atoms with E-state index in [0.717, 1.165) is 6.92 Å². The van der Waals surface area contributed by atoms with E-state index in [1.807, 2.05) is 0 Å². The van der Waals surface area contributed by atoms with Gasteiger partial charge < -0.3 is 29.5 Å². The number of carbonyl (C=O) groups is 1. The highest BCUT2D eigenvalue weighted by atomic mass is 31.2. The lowest BCUT2D eigenvalue weighted by Crippen LogP contribution is -2.37. The molecular formula is C7H13O9P. The van der Waals surface area contributed by atoms with Crippen molar-refractivity contribution in [3.8, 4) is 0 Å². The van der Waals surface area contributed by atoms with Gasteiger partial charge in [0.1, 0.15) is 12.2 Å². The summed E-state index contributed by atoms with van der Waals surface area (Å²) in [5, 5.41) is 18.9. The highest BCUT2D eigenvalue weighted by Gasteiger charge is 2.45. The Hall–Kier alpha value is -0.540. The maximum atomic E-state index is 10.7. The Morgan fingerprint density at radius 3 is 2.47 bits per heavy atom. The summed E-state index contributed by atoms with van der Waals surface area (Å²) in [5.41, 5.74) is 0. The molecule has 0 amide bonds. The largest absolute Gasteiger partial charge is 0.469 e. The van der Waals surface area contributed by atoms with Crippen LogP contribution in [0.25, 0.3) is 0 Å². The molecule has 1 heterocycles. The highest BCUT2D eigenvalue weighted by Crippen LogP contribution is 2.37. The third-order valence-electron chi connectivity index (χ3n) is 2.02. The smallest absolute Gasteiger partial charge is 0.454 e. The van der Waals surface area contributed by atoms with Gasteiger partial charge in [-0.3, -0.25) is 9.32 Å². The number of rotatable bonds is 4. The number of ether oxygens (including phenoxy) is 2. The predicted octanol–water partition coefficient (Wildman–Crippen LogP) is -1.89. The van der Waals surface area contributed by atoms with Crippen LogP contribution in [0.3, 0.4) is 0 Å². The summed E-state index contributed by atoms with van der Waals surface area (Å²) < 4.78 is 23.9. The molecule has 0 saturated carbocycles. The summed E-state index contributed by atoms with van der Waals surface area (Å²) in [6, 6.07) is 0. The van der Waals surface area contributed by atoms with Gasteiger partial charge in [0, 0.05) is 6.92 Å². The number of aliphatic hydroxyl groups is 2. The van der Waals surface area contributed by atoms with Crippen molar-refractivity contribution in [2.24, 2.45) is 0 Å². The first-order valence-electron chi connectivity index (χ1n) is 4.59. The monoisotopic (exact) mass is 272 g/mol. The summed E-state index contributed by atoms with van der Waals surface area (Å²) in [6.07, 6.45) is -5.50. The van der Waals surface area contributed by atoms with Gasteiger partial charge in [-0.2, -0.15) is 0 Å². The molecule has 100 valence electrons. The number of carbonyl (C=O) groups excluding carboxylic acids is 1. The van der Waals surface area contributed by atoms with E-state index in [-0.39, 0.29) is 0 Å². The highest BCUT2D eigenvalue weighted by molar-refractivity contribution is 7.46. The van der Waals surface area contributed by atoms with Gasteiger partial charge in [-0.15, -0.1) is 0 Å². The average Bonchev–Trinajstić information content (AvgIpc) is 2.41. The van der Waals surface area contributed by atoms with Gasteiger partial charge in [0.25, 0.3) is 0 Å². The molecule has 9 nitrogen and oxygen atoms in total. The van der Waals surface area contributed by atoms with Crippen LogP contribution in [0, 0.1) is 0 Å². The fourth-order valence-electron chi connectivity index (χ4n) is 1.35. The van der Waals surface area contributed by atoms with E-state index in [4.69, 9.17) is 14.5 Å². The van der Waals surface area contributed by atoms with E-state index >= 15 is 0 Å². The number of hydrogen-bond acceptors (Lipinski definition) is 7. The lowest BCUT2D eigenvalue weighted by atomic mass is 10.1. The van der Waals surface area contributed by atoms with Crippen molar-refractivity contribution in [3.05, 3.63) is 0 Å². The molecule has 0 aromatic carbocycles. The van der Waals surface area contributed by atoms with Crippen LogP contribution in [0.5, 0.6) is 0 Å². The number of phosphoric acid groups is 1. The minimum Gasteiger partial charge on any atom is -0.454 e. The minimum atomic E-state index is -4.69. The van der Waals surface area contributed by atoms with Crippen LogP contribution in [-0.2, 0) is 23.4 Å². The first kappa shape index (κ1) is 14.5. The molecule has 1 aliphatic heterocycles. The topological polar surface area (TPSA) is 143 Å². The van der Waals surface area contributed by atoms with Gasteiger partial charge in [0.05, 0.1) is 6.61 Å². The molecule has 0 aromatic rings. The Kier molecular flexibility index (Phi) is 4.62. The molecule has 1 rings (SSSR count). The first-order chi connectivity index (χ1) is 7.70. The average molecular weight is 272 g/mol. The third-order valence-corrected chi connectivity index (χ3v) is 2.51. The molecule has 10 heteroatoms. The molecule has 17 heavy (non-hydrogen) atoms. The third kappa shape index (κ3) is 4.32. The van der Waals surface area contributed by atoms with Crippen molar-refractivity contribution in [2.45, 2.75) is 31.5 Å². The maximum absolute atomic E-state index is 10.7. The van der Waals surface area contributed by atoms with Gasteiger partial charge in [-0.25, -0.2) is 4.57 Å². The van der Waals surface area contributed by atoms with Crippen molar-refractivity contribution in [1.29, 1.82) is 0 Å². The molecule has 1 unspecified atom stereocenters. The van der Waals surface area contributed by atoms with E-state index in [0.29, 0.717) is 0 Å². The van der Waals surface area contributed by atoms with Gasteiger partial charge in [0.15, 0.2) is 12.4 Å². The molecule has 0 aromatic heterocycles. The molecule has 0 spiro atoms. The molecule has 1 aliphatic rings. The Labute approximate surface area is 96.2 Å². The second kappa shape index (κ2) is 5.40. The van der Waals surface area contributed by atoms with Crippen LogP contribution in [0.1, 0.15) is 6.92 Å². The van der Waals surface area contributed by atoms with E-state index in [9.17, 15) is 19.6 Å². The van der Waals surface area contributed by atoms with Crippen LogP contribution < -0.4 is 0 Å². The van der Waals surface area contributed by atoms with Crippen molar-refractivity contribution < 1.29 is 43.4 Å². The van der Waals surface area contributed by atoms with Crippen LogP contribution in [-0.4, -0.2) is 57.2 Å². The van der Waals surface area contributed by atoms with Gasteiger partial charge in [-0.1, -0.05) is 0 Å². The standard InChI is InChI=1S/C7H13O9P/c1-3(8)15-6-5(9)4(16-7(6)10)2-14-17(11,12)13/h4-7,9-10H,2H2,1H3,(H2,11,12,13)/t4-,5+,6?,7-/m1/s1. The van der Waals surface area contributed by atoms with Gasteiger partial charge in [0.2, 0.25) is 0 Å². The van der Waals surface area contributed by atoms with E-state index in [2.05, 4.69) is 9.26 Å². The van der Waals surface area contributed by atoms with Crippen molar-refractivity contribution in [3.63, 3.8) is 0 Å². The molecule has 4 atom stereocenters. The summed E-state index contributed by atoms with van der Waals surface area (Å²) >= 11 is 0. The fraction of sp³-hybridized carbons (Fsp3) is 0.857. The van der Waals surface area contributed by atoms with Crippen molar-refractivity contribution in [1.82, 2.24) is 0 Å². The second-order valence-corrected chi connectivity index (χ2v) is 4.66. The SMILES string of the molecule is CC(=O)OC1[C@H](O)O[C@H](COP(=O)(O)O)[C@@H]1O. The van der Waals surface area contributed by atoms with Crippen molar-refractivity contribution in [2.75, 3.05) is 6.61 Å². The Bertz CT molecular complexity index is 325. The predicted molar refractivity (Wildman–Crippen MR) is 50.4 cm³/mol. The van der Waals surface area contributed by atoms with E-state index in [1.54, 1.807) is 0 Å². The molecule has 4 N–H and O–H groups in total.